The van der Waals surface area contributed by atoms with E-state index in [-0.39, 0.29) is 6.10 Å². The van der Waals surface area contributed by atoms with Crippen LogP contribution in [-0.4, -0.2) is 17.5 Å². The average molecular weight is 228 g/mol. The maximum Gasteiger partial charge on any atom is 0.0809 e. The van der Waals surface area contributed by atoms with Crippen LogP contribution in [-0.2, 0) is 0 Å². The molecule has 0 aromatic heterocycles. The molecule has 0 saturated carbocycles. The molecule has 3 heteroatoms. The summed E-state index contributed by atoms with van der Waals surface area (Å²) in [5.41, 5.74) is 1.95. The standard InChI is InChI=1S/C12H18ClNO/c1-2-5-12(15)10-6-3-4-7-11(10)14-9-8-13/h3-4,6-7,12,14-15H,2,5,8-9H2,1H3. The first-order valence-corrected chi connectivity index (χ1v) is 5.89. The number of benzene rings is 1. The summed E-state index contributed by atoms with van der Waals surface area (Å²) < 4.78 is 0. The Balaban J connectivity index is 2.75. The summed E-state index contributed by atoms with van der Waals surface area (Å²) in [6, 6.07) is 7.83. The fourth-order valence-corrected chi connectivity index (χ4v) is 1.65. The molecule has 0 radical (unpaired) electrons. The first-order valence-electron chi connectivity index (χ1n) is 5.36. The van der Waals surface area contributed by atoms with Crippen molar-refractivity contribution >= 4 is 17.3 Å². The second kappa shape index (κ2) is 6.70. The maximum atomic E-state index is 9.93. The zero-order valence-electron chi connectivity index (χ0n) is 9.04. The second-order valence-electron chi connectivity index (χ2n) is 3.51. The van der Waals surface area contributed by atoms with Gasteiger partial charge in [-0.15, -0.1) is 11.6 Å². The highest BCUT2D eigenvalue weighted by atomic mass is 35.5. The molecule has 0 amide bonds. The van der Waals surface area contributed by atoms with Crippen LogP contribution in [0.15, 0.2) is 24.3 Å². The van der Waals surface area contributed by atoms with Gasteiger partial charge < -0.3 is 10.4 Å². The van der Waals surface area contributed by atoms with Crippen LogP contribution < -0.4 is 5.32 Å². The Labute approximate surface area is 96.3 Å². The Morgan fingerprint density at radius 3 is 2.80 bits per heavy atom. The first-order chi connectivity index (χ1) is 7.29. The fraction of sp³-hybridized carbons (Fsp3) is 0.500. The predicted octanol–water partition coefficient (Wildman–Crippen LogP) is 3.17. The summed E-state index contributed by atoms with van der Waals surface area (Å²) in [4.78, 5) is 0. The van der Waals surface area contributed by atoms with Crippen LogP contribution >= 0.6 is 11.6 Å². The molecule has 1 unspecified atom stereocenters. The van der Waals surface area contributed by atoms with Crippen molar-refractivity contribution in [2.45, 2.75) is 25.9 Å². The van der Waals surface area contributed by atoms with Crippen molar-refractivity contribution in [1.82, 2.24) is 0 Å². The second-order valence-corrected chi connectivity index (χ2v) is 3.89. The van der Waals surface area contributed by atoms with Gasteiger partial charge in [-0.05, 0) is 12.5 Å². The maximum absolute atomic E-state index is 9.93. The highest BCUT2D eigenvalue weighted by Gasteiger charge is 2.10. The van der Waals surface area contributed by atoms with Crippen LogP contribution in [0.4, 0.5) is 5.69 Å². The molecule has 1 rings (SSSR count). The zero-order chi connectivity index (χ0) is 11.1. The van der Waals surface area contributed by atoms with E-state index in [2.05, 4.69) is 12.2 Å². The quantitative estimate of drug-likeness (QED) is 0.732. The summed E-state index contributed by atoms with van der Waals surface area (Å²) in [5.74, 6) is 0.568. The Kier molecular flexibility index (Phi) is 5.51. The highest BCUT2D eigenvalue weighted by molar-refractivity contribution is 6.18. The van der Waals surface area contributed by atoms with Crippen LogP contribution in [0.1, 0.15) is 31.4 Å². The summed E-state index contributed by atoms with van der Waals surface area (Å²) in [7, 11) is 0. The summed E-state index contributed by atoms with van der Waals surface area (Å²) in [6.07, 6.45) is 1.39. The number of hydrogen-bond donors (Lipinski definition) is 2. The molecule has 0 heterocycles. The van der Waals surface area contributed by atoms with Gasteiger partial charge in [0.25, 0.3) is 0 Å². The van der Waals surface area contributed by atoms with Gasteiger partial charge in [0.05, 0.1) is 6.10 Å². The Hall–Kier alpha value is -0.730. The first kappa shape index (κ1) is 12.3. The van der Waals surface area contributed by atoms with E-state index in [9.17, 15) is 5.11 Å². The predicted molar refractivity (Wildman–Crippen MR) is 65.5 cm³/mol. The van der Waals surface area contributed by atoms with Crippen molar-refractivity contribution in [1.29, 1.82) is 0 Å². The minimum absolute atomic E-state index is 0.381. The van der Waals surface area contributed by atoms with Crippen LogP contribution in [0.25, 0.3) is 0 Å². The van der Waals surface area contributed by atoms with E-state index in [1.54, 1.807) is 0 Å². The molecule has 2 nitrogen and oxygen atoms in total. The third-order valence-corrected chi connectivity index (χ3v) is 2.48. The molecule has 2 N–H and O–H groups in total. The van der Waals surface area contributed by atoms with E-state index in [1.165, 1.54) is 0 Å². The molecule has 15 heavy (non-hydrogen) atoms. The monoisotopic (exact) mass is 227 g/mol. The van der Waals surface area contributed by atoms with Gasteiger partial charge in [-0.1, -0.05) is 31.5 Å². The number of rotatable bonds is 6. The number of aliphatic hydroxyl groups excluding tert-OH is 1. The minimum Gasteiger partial charge on any atom is -0.388 e. The number of halogens is 1. The molecule has 1 aromatic carbocycles. The van der Waals surface area contributed by atoms with E-state index in [0.717, 1.165) is 30.6 Å². The van der Waals surface area contributed by atoms with Crippen LogP contribution in [0.2, 0.25) is 0 Å². The van der Waals surface area contributed by atoms with Crippen molar-refractivity contribution in [3.63, 3.8) is 0 Å². The molecular weight excluding hydrogens is 210 g/mol. The largest absolute Gasteiger partial charge is 0.388 e. The average Bonchev–Trinajstić information content (AvgIpc) is 2.27. The highest BCUT2D eigenvalue weighted by Crippen LogP contribution is 2.25. The van der Waals surface area contributed by atoms with Crippen LogP contribution in [0.5, 0.6) is 0 Å². The molecule has 1 atom stereocenters. The van der Waals surface area contributed by atoms with Gasteiger partial charge in [0.15, 0.2) is 0 Å². The molecule has 0 bridgehead atoms. The lowest BCUT2D eigenvalue weighted by molar-refractivity contribution is 0.167. The number of alkyl halides is 1. The van der Waals surface area contributed by atoms with Gasteiger partial charge in [0.1, 0.15) is 0 Å². The molecule has 0 aliphatic heterocycles. The van der Waals surface area contributed by atoms with Crippen LogP contribution in [0.3, 0.4) is 0 Å². The zero-order valence-corrected chi connectivity index (χ0v) is 9.80. The third-order valence-electron chi connectivity index (χ3n) is 2.29. The van der Waals surface area contributed by atoms with E-state index < -0.39 is 0 Å². The van der Waals surface area contributed by atoms with Crippen molar-refractivity contribution < 1.29 is 5.11 Å². The Morgan fingerprint density at radius 1 is 1.40 bits per heavy atom. The van der Waals surface area contributed by atoms with Crippen molar-refractivity contribution in [2.24, 2.45) is 0 Å². The topological polar surface area (TPSA) is 32.3 Å². The van der Waals surface area contributed by atoms with Gasteiger partial charge >= 0.3 is 0 Å². The minimum atomic E-state index is -0.381. The van der Waals surface area contributed by atoms with Gasteiger partial charge in [0.2, 0.25) is 0 Å². The normalized spacial score (nSPS) is 12.5. The summed E-state index contributed by atoms with van der Waals surface area (Å²) in [6.45, 7) is 2.79. The Morgan fingerprint density at radius 2 is 2.13 bits per heavy atom. The van der Waals surface area contributed by atoms with Crippen molar-refractivity contribution in [3.05, 3.63) is 29.8 Å². The fourth-order valence-electron chi connectivity index (χ4n) is 1.56. The van der Waals surface area contributed by atoms with Gasteiger partial charge in [-0.25, -0.2) is 0 Å². The molecule has 0 aliphatic rings. The molecule has 1 aromatic rings. The van der Waals surface area contributed by atoms with E-state index in [0.29, 0.717) is 5.88 Å². The van der Waals surface area contributed by atoms with Crippen molar-refractivity contribution in [2.75, 3.05) is 17.7 Å². The van der Waals surface area contributed by atoms with Gasteiger partial charge in [-0.2, -0.15) is 0 Å². The number of nitrogens with one attached hydrogen (secondary N) is 1. The lowest BCUT2D eigenvalue weighted by Crippen LogP contribution is -2.07. The number of anilines is 1. The lowest BCUT2D eigenvalue weighted by Gasteiger charge is -2.15. The number of aliphatic hydroxyl groups is 1. The molecule has 0 aliphatic carbocycles. The molecule has 0 fully saturated rings. The van der Waals surface area contributed by atoms with Gasteiger partial charge in [0, 0.05) is 23.7 Å². The number of para-hydroxylation sites is 1. The van der Waals surface area contributed by atoms with Crippen LogP contribution in [0, 0.1) is 0 Å². The van der Waals surface area contributed by atoms with E-state index in [4.69, 9.17) is 11.6 Å². The summed E-state index contributed by atoms with van der Waals surface area (Å²) >= 11 is 5.62. The van der Waals surface area contributed by atoms with E-state index in [1.807, 2.05) is 24.3 Å². The molecule has 84 valence electrons. The molecule has 0 spiro atoms. The summed E-state index contributed by atoms with van der Waals surface area (Å²) in [5, 5.41) is 13.1. The van der Waals surface area contributed by atoms with E-state index >= 15 is 0 Å². The van der Waals surface area contributed by atoms with Crippen molar-refractivity contribution in [3.8, 4) is 0 Å². The Bertz CT molecular complexity index is 291. The SMILES string of the molecule is CCCC(O)c1ccccc1NCCCl. The molecular formula is C12H18ClNO. The lowest BCUT2D eigenvalue weighted by atomic mass is 10.0. The molecule has 0 saturated heterocycles. The smallest absolute Gasteiger partial charge is 0.0809 e. The number of hydrogen-bond acceptors (Lipinski definition) is 2. The van der Waals surface area contributed by atoms with Gasteiger partial charge in [-0.3, -0.25) is 0 Å². The third kappa shape index (κ3) is 3.73.